The van der Waals surface area contributed by atoms with Crippen LogP contribution in [0.3, 0.4) is 0 Å². The van der Waals surface area contributed by atoms with Crippen LogP contribution in [0, 0.1) is 0 Å². The summed E-state index contributed by atoms with van der Waals surface area (Å²) in [4.78, 5) is 34.9. The molecule has 4 aromatic heterocycles. The Bertz CT molecular complexity index is 2950. The van der Waals surface area contributed by atoms with Gasteiger partial charge in [0, 0.05) is 83.3 Å². The fraction of sp³-hybridized carbons (Fsp3) is 0.222. The van der Waals surface area contributed by atoms with Crippen molar-refractivity contribution in [2.75, 3.05) is 26.2 Å². The van der Waals surface area contributed by atoms with Crippen molar-refractivity contribution in [1.29, 1.82) is 0 Å². The van der Waals surface area contributed by atoms with Crippen LogP contribution in [-0.4, -0.2) is 82.6 Å². The molecule has 0 radical (unpaired) electrons. The van der Waals surface area contributed by atoms with Gasteiger partial charge in [-0.3, -0.25) is 30.4 Å². The first kappa shape index (κ1) is 50.5. The van der Waals surface area contributed by atoms with Crippen LogP contribution in [0.25, 0.3) is 56.1 Å². The van der Waals surface area contributed by atoms with Gasteiger partial charge >= 0.3 is 0 Å². The summed E-state index contributed by atoms with van der Waals surface area (Å²) in [5, 5.41) is 25.1. The summed E-state index contributed by atoms with van der Waals surface area (Å²) in [5.74, 6) is -0.806. The van der Waals surface area contributed by atoms with E-state index in [4.69, 9.17) is 46.4 Å². The molecule has 0 unspecified atom stereocenters. The van der Waals surface area contributed by atoms with Gasteiger partial charge in [0.15, 0.2) is 11.4 Å². The number of nitrogens with one attached hydrogen (secondary N) is 2. The number of benzene rings is 4. The van der Waals surface area contributed by atoms with Gasteiger partial charge in [-0.05, 0) is 96.5 Å². The molecule has 2 aliphatic heterocycles. The number of alkyl halides is 1. The second-order valence-corrected chi connectivity index (χ2v) is 19.0. The zero-order valence-corrected chi connectivity index (χ0v) is 41.9. The molecule has 10 rings (SSSR count). The van der Waals surface area contributed by atoms with E-state index in [9.17, 15) is 19.1 Å². The largest absolute Gasteiger partial charge is 0.392 e. The summed E-state index contributed by atoms with van der Waals surface area (Å²) < 4.78 is 17.7. The maximum absolute atomic E-state index is 14.6. The molecule has 2 amide bonds. The van der Waals surface area contributed by atoms with Crippen LogP contribution in [0.4, 0.5) is 4.39 Å². The normalized spacial score (nSPS) is 14.1. The molecule has 6 heterocycles. The third kappa shape index (κ3) is 11.4. The van der Waals surface area contributed by atoms with E-state index in [0.29, 0.717) is 54.0 Å². The van der Waals surface area contributed by atoms with E-state index in [1.165, 1.54) is 4.68 Å². The van der Waals surface area contributed by atoms with Gasteiger partial charge in [-0.1, -0.05) is 120 Å². The van der Waals surface area contributed by atoms with E-state index in [-0.39, 0.29) is 29.5 Å². The van der Waals surface area contributed by atoms with Gasteiger partial charge in [-0.25, -0.2) is 23.8 Å². The van der Waals surface area contributed by atoms with E-state index >= 15 is 0 Å². The molecule has 0 spiro atoms. The monoisotopic (exact) mass is 1040 g/mol. The number of rotatable bonds is 12. The minimum atomic E-state index is -0.867. The summed E-state index contributed by atoms with van der Waals surface area (Å²) in [6.45, 7) is 1.84. The number of carbonyl (C=O) groups is 2. The van der Waals surface area contributed by atoms with Gasteiger partial charge < -0.3 is 5.11 Å². The summed E-state index contributed by atoms with van der Waals surface area (Å²) in [7, 11) is 0. The molecule has 8 aromatic rings. The van der Waals surface area contributed by atoms with E-state index in [1.54, 1.807) is 65.9 Å². The molecule has 13 nitrogen and oxygen atoms in total. The lowest BCUT2D eigenvalue weighted by atomic mass is 10.0. The van der Waals surface area contributed by atoms with Crippen LogP contribution < -0.4 is 10.9 Å². The lowest BCUT2D eigenvalue weighted by Crippen LogP contribution is -2.45. The Morgan fingerprint density at radius 3 is 1.31 bits per heavy atom. The molecular weight excluding hydrogens is 997 g/mol. The summed E-state index contributed by atoms with van der Waals surface area (Å²) in [5.41, 5.74) is 14.1. The van der Waals surface area contributed by atoms with E-state index in [2.05, 4.69) is 31.0 Å². The fourth-order valence-electron chi connectivity index (χ4n) is 8.90. The number of piperidine rings is 2. The molecule has 4 aromatic carbocycles. The number of hydrogen-bond acceptors (Lipinski definition) is 9. The molecule has 3 N–H and O–H groups in total. The number of aliphatic hydroxyl groups is 1. The van der Waals surface area contributed by atoms with Crippen LogP contribution in [0.15, 0.2) is 134 Å². The Balaban J connectivity index is 0.000000178. The minimum Gasteiger partial charge on any atom is -0.392 e. The third-order valence-electron chi connectivity index (χ3n) is 12.5. The number of hydrogen-bond donors (Lipinski definition) is 3. The average molecular weight is 1050 g/mol. The van der Waals surface area contributed by atoms with Crippen molar-refractivity contribution < 1.29 is 19.1 Å². The molecule has 368 valence electrons. The average Bonchev–Trinajstić information content (AvgIpc) is 4.00. The molecule has 0 bridgehead atoms. The number of carbonyl (C=O) groups excluding carboxylic acids is 2. The van der Waals surface area contributed by atoms with Crippen LogP contribution in [-0.2, 0) is 13.3 Å². The van der Waals surface area contributed by atoms with E-state index in [1.807, 2.05) is 82.8 Å². The first-order valence-corrected chi connectivity index (χ1v) is 25.1. The van der Waals surface area contributed by atoms with Gasteiger partial charge in [0.2, 0.25) is 0 Å². The Kier molecular flexibility index (Phi) is 16.4. The SMILES string of the molecule is O=C(NN1CCCCC1)c1nn(-c2ccc(Cl)cc2Cl)c(-c2ccc(-c3cccnc3)cc2)c1CF.O=C(NN1CCCCC1)c1nn(-c2ccc(Cl)cc2Cl)c(-c2ccc(-c3cccnc3)cc2)c1CO. The molecule has 72 heavy (non-hydrogen) atoms. The maximum Gasteiger partial charge on any atom is 0.286 e. The topological polar surface area (TPSA) is 146 Å². The quantitative estimate of drug-likeness (QED) is 0.109. The fourth-order valence-corrected chi connectivity index (χ4v) is 9.88. The van der Waals surface area contributed by atoms with Crippen LogP contribution in [0.5, 0.6) is 0 Å². The van der Waals surface area contributed by atoms with E-state index < -0.39 is 12.6 Å². The van der Waals surface area contributed by atoms with E-state index in [0.717, 1.165) is 92.5 Å². The molecule has 2 aliphatic rings. The summed E-state index contributed by atoms with van der Waals surface area (Å²) in [6, 6.07) is 33.2. The van der Waals surface area contributed by atoms with Gasteiger partial charge in [-0.15, -0.1) is 0 Å². The molecule has 0 atom stereocenters. The lowest BCUT2D eigenvalue weighted by Gasteiger charge is -2.26. The van der Waals surface area contributed by atoms with Gasteiger partial charge in [-0.2, -0.15) is 10.2 Å². The highest BCUT2D eigenvalue weighted by atomic mass is 35.5. The molecule has 2 saturated heterocycles. The number of nitrogens with zero attached hydrogens (tertiary/aromatic N) is 8. The summed E-state index contributed by atoms with van der Waals surface area (Å²) >= 11 is 25.3. The number of halogens is 5. The van der Waals surface area contributed by atoms with Crippen LogP contribution >= 0.6 is 46.4 Å². The predicted molar refractivity (Wildman–Crippen MR) is 281 cm³/mol. The van der Waals surface area contributed by atoms with Crippen molar-refractivity contribution in [3.05, 3.63) is 177 Å². The number of amides is 2. The minimum absolute atomic E-state index is 0.0282. The first-order chi connectivity index (χ1) is 35.1. The Hall–Kier alpha value is -6.49. The van der Waals surface area contributed by atoms with Crippen molar-refractivity contribution in [3.63, 3.8) is 0 Å². The Morgan fingerprint density at radius 2 is 0.931 bits per heavy atom. The van der Waals surface area contributed by atoms with Crippen molar-refractivity contribution >= 4 is 58.2 Å². The highest BCUT2D eigenvalue weighted by molar-refractivity contribution is 6.36. The zero-order valence-electron chi connectivity index (χ0n) is 38.9. The van der Waals surface area contributed by atoms with Crippen molar-refractivity contribution in [2.24, 2.45) is 0 Å². The molecule has 18 heteroatoms. The van der Waals surface area contributed by atoms with Gasteiger partial charge in [0.1, 0.15) is 6.67 Å². The van der Waals surface area contributed by atoms with Crippen molar-refractivity contribution in [2.45, 2.75) is 51.8 Å². The van der Waals surface area contributed by atoms with Crippen LogP contribution in [0.1, 0.15) is 70.6 Å². The third-order valence-corrected chi connectivity index (χ3v) is 13.6. The Morgan fingerprint density at radius 1 is 0.528 bits per heavy atom. The zero-order chi connectivity index (χ0) is 50.1. The number of hydrazine groups is 2. The lowest BCUT2D eigenvalue weighted by molar-refractivity contribution is 0.0735. The van der Waals surface area contributed by atoms with Gasteiger partial charge in [0.05, 0.1) is 39.4 Å². The smallest absolute Gasteiger partial charge is 0.286 e. The standard InChI is InChI=1S/C27H24Cl2FN5O.C27H25Cl2N5O2/c28-21-10-11-24(23(29)15-21)35-26(19-8-6-18(7-9-19)20-5-4-12-31-17-20)22(16-30)25(32-35)27(36)33-34-13-2-1-3-14-34;28-21-10-11-24(23(29)15-21)34-26(19-8-6-18(7-9-19)20-5-4-12-30-16-20)22(17-35)25(31-34)27(36)32-33-13-2-1-3-14-33/h4-12,15,17H,1-3,13-14,16H2,(H,33,36);4-12,15-16,35H,1-3,13-14,17H2,(H,32,36). The molecule has 0 aliphatic carbocycles. The Labute approximate surface area is 436 Å². The molecule has 0 saturated carbocycles. The van der Waals surface area contributed by atoms with Gasteiger partial charge in [0.25, 0.3) is 11.8 Å². The summed E-state index contributed by atoms with van der Waals surface area (Å²) in [6.07, 6.45) is 13.4. The second kappa shape index (κ2) is 23.4. The number of aromatic nitrogens is 6. The molecular formula is C54H49Cl4FN10O3. The van der Waals surface area contributed by atoms with Crippen LogP contribution in [0.2, 0.25) is 20.1 Å². The number of aliphatic hydroxyl groups excluding tert-OH is 1. The predicted octanol–water partition coefficient (Wildman–Crippen LogP) is 12.0. The highest BCUT2D eigenvalue weighted by Crippen LogP contribution is 2.37. The molecule has 2 fully saturated rings. The van der Waals surface area contributed by atoms with Crippen molar-refractivity contribution in [3.8, 4) is 56.1 Å². The number of pyridine rings is 2. The highest BCUT2D eigenvalue weighted by Gasteiger charge is 2.29. The maximum atomic E-state index is 14.6. The van der Waals surface area contributed by atoms with Crippen molar-refractivity contribution in [1.82, 2.24) is 50.4 Å². The second-order valence-electron chi connectivity index (χ2n) is 17.3. The first-order valence-electron chi connectivity index (χ1n) is 23.5.